The number of halogens is 3. The maximum absolute atomic E-state index is 12.9. The summed E-state index contributed by atoms with van der Waals surface area (Å²) in [6.07, 6.45) is -0.000728. The predicted octanol–water partition coefficient (Wildman–Crippen LogP) is 4.70. The Bertz CT molecular complexity index is 927. The van der Waals surface area contributed by atoms with Gasteiger partial charge in [-0.15, -0.1) is 16.8 Å². The quantitative estimate of drug-likeness (QED) is 0.432. The van der Waals surface area contributed by atoms with E-state index >= 15 is 0 Å². The van der Waals surface area contributed by atoms with Gasteiger partial charge in [-0.1, -0.05) is 36.0 Å². The van der Waals surface area contributed by atoms with Crippen molar-refractivity contribution in [2.24, 2.45) is 7.05 Å². The molecule has 0 radical (unpaired) electrons. The minimum atomic E-state index is -4.34. The van der Waals surface area contributed by atoms with Gasteiger partial charge in [0.25, 0.3) is 0 Å². The van der Waals surface area contributed by atoms with Crippen molar-refractivity contribution in [1.29, 1.82) is 0 Å². The average Bonchev–Trinajstić information content (AvgIpc) is 3.20. The third kappa shape index (κ3) is 4.63. The van der Waals surface area contributed by atoms with Crippen molar-refractivity contribution in [1.82, 2.24) is 19.3 Å². The van der Waals surface area contributed by atoms with Gasteiger partial charge in [-0.3, -0.25) is 0 Å². The molecule has 0 N–H and O–H groups in total. The molecule has 0 fully saturated rings. The van der Waals surface area contributed by atoms with Gasteiger partial charge in [-0.25, -0.2) is 0 Å². The van der Waals surface area contributed by atoms with E-state index in [4.69, 9.17) is 0 Å². The minimum absolute atomic E-state index is 0.378. The first-order chi connectivity index (χ1) is 12.9. The molecule has 0 spiro atoms. The lowest BCUT2D eigenvalue weighted by atomic mass is 10.1. The number of hydrogen-bond acceptors (Lipinski definition) is 3. The van der Waals surface area contributed by atoms with Gasteiger partial charge in [-0.05, 0) is 23.8 Å². The molecule has 0 saturated carbocycles. The van der Waals surface area contributed by atoms with Gasteiger partial charge < -0.3 is 9.13 Å². The van der Waals surface area contributed by atoms with Gasteiger partial charge in [0.05, 0.1) is 5.56 Å². The van der Waals surface area contributed by atoms with Crippen molar-refractivity contribution in [2.45, 2.75) is 30.1 Å². The number of rotatable bonds is 7. The summed E-state index contributed by atoms with van der Waals surface area (Å²) in [5.74, 6) is 1.17. The number of aromatic nitrogens is 4. The Labute approximate surface area is 159 Å². The number of hydrogen-bond donors (Lipinski definition) is 0. The minimum Gasteiger partial charge on any atom is -0.354 e. The fourth-order valence-corrected chi connectivity index (χ4v) is 3.61. The van der Waals surface area contributed by atoms with E-state index in [1.165, 1.54) is 23.9 Å². The number of benzene rings is 1. The standard InChI is InChI=1S/C19H19F3N4S/c1-3-9-26-17(12-16-8-5-10-25(16)2)23-24-18(26)27-13-14-6-4-7-15(11-14)19(20,21)22/h3-8,10-11H,1,9,12-13H2,2H3. The van der Waals surface area contributed by atoms with Gasteiger partial charge in [0.1, 0.15) is 5.82 Å². The molecule has 3 rings (SSSR count). The second-order valence-electron chi connectivity index (χ2n) is 6.07. The molecule has 1 aromatic carbocycles. The van der Waals surface area contributed by atoms with E-state index in [1.54, 1.807) is 12.1 Å². The zero-order valence-electron chi connectivity index (χ0n) is 14.8. The summed E-state index contributed by atoms with van der Waals surface area (Å²) in [7, 11) is 1.97. The summed E-state index contributed by atoms with van der Waals surface area (Å²) in [5.41, 5.74) is 1.05. The maximum Gasteiger partial charge on any atom is 0.416 e. The molecule has 27 heavy (non-hydrogen) atoms. The number of thioether (sulfide) groups is 1. The highest BCUT2D eigenvalue weighted by Crippen LogP contribution is 2.31. The Morgan fingerprint density at radius 2 is 2.00 bits per heavy atom. The van der Waals surface area contributed by atoms with E-state index in [9.17, 15) is 13.2 Å². The molecule has 8 heteroatoms. The summed E-state index contributed by atoms with van der Waals surface area (Å²) >= 11 is 1.36. The predicted molar refractivity (Wildman–Crippen MR) is 99.4 cm³/mol. The molecule has 0 bridgehead atoms. The van der Waals surface area contributed by atoms with Crippen LogP contribution >= 0.6 is 11.8 Å². The normalized spacial score (nSPS) is 11.7. The Morgan fingerprint density at radius 1 is 1.19 bits per heavy atom. The van der Waals surface area contributed by atoms with Crippen LogP contribution in [0.3, 0.4) is 0 Å². The molecule has 4 nitrogen and oxygen atoms in total. The highest BCUT2D eigenvalue weighted by Gasteiger charge is 2.30. The largest absolute Gasteiger partial charge is 0.416 e. The van der Waals surface area contributed by atoms with Crippen molar-refractivity contribution in [3.05, 3.63) is 77.9 Å². The van der Waals surface area contributed by atoms with Gasteiger partial charge in [0.15, 0.2) is 5.16 Å². The van der Waals surface area contributed by atoms with Crippen molar-refractivity contribution in [3.63, 3.8) is 0 Å². The van der Waals surface area contributed by atoms with Crippen LogP contribution in [-0.4, -0.2) is 19.3 Å². The Kier molecular flexibility index (Phi) is 5.74. The van der Waals surface area contributed by atoms with Crippen LogP contribution in [0.1, 0.15) is 22.6 Å². The van der Waals surface area contributed by atoms with E-state index in [2.05, 4.69) is 16.8 Å². The van der Waals surface area contributed by atoms with Gasteiger partial charge >= 0.3 is 6.18 Å². The zero-order valence-corrected chi connectivity index (χ0v) is 15.6. The molecule has 0 saturated heterocycles. The van der Waals surface area contributed by atoms with Gasteiger partial charge in [-0.2, -0.15) is 13.2 Å². The second kappa shape index (κ2) is 8.04. The molecular weight excluding hydrogens is 373 g/mol. The highest BCUT2D eigenvalue weighted by atomic mass is 32.2. The molecule has 2 heterocycles. The number of allylic oxidation sites excluding steroid dienone is 1. The smallest absolute Gasteiger partial charge is 0.354 e. The first kappa shape index (κ1) is 19.3. The fraction of sp³-hybridized carbons (Fsp3) is 0.263. The molecule has 2 aromatic heterocycles. The molecule has 0 unspecified atom stereocenters. The third-order valence-corrected chi connectivity index (χ3v) is 5.16. The molecule has 0 atom stereocenters. The first-order valence-corrected chi connectivity index (χ1v) is 9.29. The van der Waals surface area contributed by atoms with E-state index < -0.39 is 11.7 Å². The molecule has 142 valence electrons. The lowest BCUT2D eigenvalue weighted by Gasteiger charge is -2.10. The van der Waals surface area contributed by atoms with Crippen molar-refractivity contribution < 1.29 is 13.2 Å². The molecule has 3 aromatic rings. The SMILES string of the molecule is C=CCn1c(Cc2cccn2C)nnc1SCc1cccc(C(F)(F)F)c1. The number of nitrogens with zero attached hydrogens (tertiary/aromatic N) is 4. The van der Waals surface area contributed by atoms with Crippen molar-refractivity contribution >= 4 is 11.8 Å². The second-order valence-corrected chi connectivity index (χ2v) is 7.01. The van der Waals surface area contributed by atoms with Crippen LogP contribution < -0.4 is 0 Å². The Balaban J connectivity index is 1.77. The summed E-state index contributed by atoms with van der Waals surface area (Å²) in [6, 6.07) is 9.34. The average molecular weight is 392 g/mol. The lowest BCUT2D eigenvalue weighted by Crippen LogP contribution is -2.07. The van der Waals surface area contributed by atoms with Crippen LogP contribution in [0.2, 0.25) is 0 Å². The Hall–Kier alpha value is -2.48. The zero-order chi connectivity index (χ0) is 19.4. The lowest BCUT2D eigenvalue weighted by molar-refractivity contribution is -0.137. The van der Waals surface area contributed by atoms with E-state index in [0.717, 1.165) is 17.6 Å². The third-order valence-electron chi connectivity index (χ3n) is 4.12. The molecule has 0 aliphatic heterocycles. The molecule has 0 aliphatic rings. The van der Waals surface area contributed by atoms with Crippen LogP contribution in [0.15, 0.2) is 60.4 Å². The summed E-state index contributed by atoms with van der Waals surface area (Å²) < 4.78 is 42.6. The summed E-state index contributed by atoms with van der Waals surface area (Å²) in [4.78, 5) is 0. The van der Waals surface area contributed by atoms with Gasteiger partial charge in [0.2, 0.25) is 0 Å². The summed E-state index contributed by atoms with van der Waals surface area (Å²) in [6.45, 7) is 4.31. The topological polar surface area (TPSA) is 35.6 Å². The van der Waals surface area contributed by atoms with E-state index in [1.807, 2.05) is 34.5 Å². The highest BCUT2D eigenvalue weighted by molar-refractivity contribution is 7.98. The fourth-order valence-electron chi connectivity index (χ4n) is 2.70. The maximum atomic E-state index is 12.9. The van der Waals surface area contributed by atoms with Crippen molar-refractivity contribution in [2.75, 3.05) is 0 Å². The van der Waals surface area contributed by atoms with E-state index in [0.29, 0.717) is 29.4 Å². The van der Waals surface area contributed by atoms with Crippen LogP contribution in [0.4, 0.5) is 13.2 Å². The summed E-state index contributed by atoms with van der Waals surface area (Å²) in [5, 5.41) is 9.16. The molecule has 0 amide bonds. The van der Waals surface area contributed by atoms with Gasteiger partial charge in [0, 0.05) is 37.7 Å². The van der Waals surface area contributed by atoms with Crippen LogP contribution in [0.5, 0.6) is 0 Å². The van der Waals surface area contributed by atoms with Crippen molar-refractivity contribution in [3.8, 4) is 0 Å². The monoisotopic (exact) mass is 392 g/mol. The molecular formula is C19H19F3N4S. The van der Waals surface area contributed by atoms with E-state index in [-0.39, 0.29) is 0 Å². The molecule has 0 aliphatic carbocycles. The first-order valence-electron chi connectivity index (χ1n) is 8.30. The van der Waals surface area contributed by atoms with Crippen LogP contribution in [0.25, 0.3) is 0 Å². The Morgan fingerprint density at radius 3 is 2.67 bits per heavy atom. The number of aryl methyl sites for hydroxylation is 1. The van der Waals surface area contributed by atoms with Crippen LogP contribution in [-0.2, 0) is 31.9 Å². The van der Waals surface area contributed by atoms with Crippen LogP contribution in [0, 0.1) is 0 Å². The number of alkyl halides is 3.